The molecule has 0 radical (unpaired) electrons. The van der Waals surface area contributed by atoms with Crippen LogP contribution in [0.1, 0.15) is 0 Å². The number of para-hydroxylation sites is 1. The lowest BCUT2D eigenvalue weighted by atomic mass is 10.00. The number of hydrogen-bond donors (Lipinski definition) is 0. The molecule has 0 bridgehead atoms. The molecule has 57 heavy (non-hydrogen) atoms. The fraction of sp³-hybridized carbons (Fsp3) is 0. The van der Waals surface area contributed by atoms with Crippen molar-refractivity contribution in [2.75, 3.05) is 0 Å². The first-order chi connectivity index (χ1) is 28.3. The predicted octanol–water partition coefficient (Wildman–Crippen LogP) is 15.2. The number of thiophene rings is 1. The van der Waals surface area contributed by atoms with E-state index in [9.17, 15) is 0 Å². The van der Waals surface area contributed by atoms with Crippen LogP contribution in [0.15, 0.2) is 206 Å². The molecule has 2 nitrogen and oxygen atoms in total. The maximum atomic E-state index is 2.49. The van der Waals surface area contributed by atoms with Gasteiger partial charge < -0.3 is 9.13 Å². The Labute approximate surface area is 333 Å². The highest BCUT2D eigenvalue weighted by Crippen LogP contribution is 2.44. The lowest BCUT2D eigenvalue weighted by molar-refractivity contribution is 1.18. The smallest absolute Gasteiger partial charge is 0.0634 e. The molecule has 0 unspecified atom stereocenters. The Balaban J connectivity index is 1.05. The van der Waals surface area contributed by atoms with Gasteiger partial charge in [0, 0.05) is 53.1 Å². The quantitative estimate of drug-likeness (QED) is 0.166. The van der Waals surface area contributed by atoms with E-state index >= 15 is 0 Å². The zero-order valence-corrected chi connectivity index (χ0v) is 31.7. The second kappa shape index (κ2) is 12.7. The van der Waals surface area contributed by atoms with Gasteiger partial charge in [-0.2, -0.15) is 0 Å². The average Bonchev–Trinajstić information content (AvgIpc) is 3.94. The van der Waals surface area contributed by atoms with Crippen LogP contribution in [-0.4, -0.2) is 9.13 Å². The molecule has 0 N–H and O–H groups in total. The summed E-state index contributed by atoms with van der Waals surface area (Å²) in [5.41, 5.74) is 14.5. The highest BCUT2D eigenvalue weighted by Gasteiger charge is 2.20. The highest BCUT2D eigenvalue weighted by atomic mass is 32.1. The Morgan fingerprint density at radius 2 is 0.825 bits per heavy atom. The van der Waals surface area contributed by atoms with E-state index in [0.29, 0.717) is 0 Å². The molecule has 0 aliphatic heterocycles. The standard InChI is InChI=1S/C54H34N2S/c1-3-12-35(13-4-1)37-22-26-41(27-23-37)56-50-30-25-40(34-47(50)44-28-31-52-53(54(44)56)45-19-8-10-21-51(45)57-52)39-24-29-49-46(33-39)43-18-7-9-20-48(43)55(49)42-17-11-16-38(32-42)36-14-5-2-6-15-36/h1-34H. The maximum Gasteiger partial charge on any atom is 0.0634 e. The number of fused-ring (bicyclic) bond motifs is 10. The first kappa shape index (κ1) is 32.1. The van der Waals surface area contributed by atoms with Crippen molar-refractivity contribution in [3.63, 3.8) is 0 Å². The van der Waals surface area contributed by atoms with Gasteiger partial charge in [0.1, 0.15) is 0 Å². The Kier molecular flexibility index (Phi) is 7.13. The van der Waals surface area contributed by atoms with Crippen LogP contribution >= 0.6 is 11.3 Å². The minimum absolute atomic E-state index is 1.16. The van der Waals surface area contributed by atoms with E-state index in [1.54, 1.807) is 0 Å². The van der Waals surface area contributed by atoms with Crippen molar-refractivity contribution in [3.05, 3.63) is 206 Å². The third-order valence-corrected chi connectivity index (χ3v) is 12.9. The van der Waals surface area contributed by atoms with E-state index in [1.165, 1.54) is 97.2 Å². The lowest BCUT2D eigenvalue weighted by Gasteiger charge is -2.11. The normalized spacial score (nSPS) is 11.9. The Hall–Kier alpha value is -7.20. The topological polar surface area (TPSA) is 9.86 Å². The van der Waals surface area contributed by atoms with E-state index in [4.69, 9.17) is 0 Å². The summed E-state index contributed by atoms with van der Waals surface area (Å²) in [6, 6.07) is 75.6. The van der Waals surface area contributed by atoms with Gasteiger partial charge in [0.15, 0.2) is 0 Å². The molecule has 0 aliphatic carbocycles. The molecule has 0 fully saturated rings. The van der Waals surface area contributed by atoms with Gasteiger partial charge in [0.2, 0.25) is 0 Å². The van der Waals surface area contributed by atoms with Crippen LogP contribution in [0.25, 0.3) is 109 Å². The fourth-order valence-electron chi connectivity index (χ4n) is 9.08. The highest BCUT2D eigenvalue weighted by molar-refractivity contribution is 7.26. The summed E-state index contributed by atoms with van der Waals surface area (Å²) in [5.74, 6) is 0. The molecule has 266 valence electrons. The largest absolute Gasteiger partial charge is 0.309 e. The van der Waals surface area contributed by atoms with Crippen LogP contribution in [0.4, 0.5) is 0 Å². The molecule has 9 aromatic carbocycles. The molecule has 0 spiro atoms. The minimum Gasteiger partial charge on any atom is -0.309 e. The second-order valence-corrected chi connectivity index (χ2v) is 16.0. The zero-order valence-electron chi connectivity index (χ0n) is 30.9. The first-order valence-corrected chi connectivity index (χ1v) is 20.3. The molecule has 12 rings (SSSR count). The fourth-order valence-corrected chi connectivity index (χ4v) is 10.2. The van der Waals surface area contributed by atoms with Gasteiger partial charge >= 0.3 is 0 Å². The van der Waals surface area contributed by atoms with E-state index < -0.39 is 0 Å². The number of aromatic nitrogens is 2. The van der Waals surface area contributed by atoms with Crippen molar-refractivity contribution >= 4 is 75.1 Å². The predicted molar refractivity (Wildman–Crippen MR) is 244 cm³/mol. The number of rotatable bonds is 5. The molecule has 0 amide bonds. The molecule has 0 atom stereocenters. The van der Waals surface area contributed by atoms with Gasteiger partial charge in [-0.1, -0.05) is 140 Å². The molecule has 12 aromatic rings. The van der Waals surface area contributed by atoms with Crippen LogP contribution < -0.4 is 0 Å². The van der Waals surface area contributed by atoms with Crippen molar-refractivity contribution in [2.45, 2.75) is 0 Å². The van der Waals surface area contributed by atoms with E-state index in [1.807, 2.05) is 11.3 Å². The second-order valence-electron chi connectivity index (χ2n) is 14.9. The van der Waals surface area contributed by atoms with Gasteiger partial charge in [-0.05, 0) is 100 Å². The van der Waals surface area contributed by atoms with Gasteiger partial charge in [-0.3, -0.25) is 0 Å². The number of benzene rings is 9. The van der Waals surface area contributed by atoms with Crippen LogP contribution in [0.2, 0.25) is 0 Å². The van der Waals surface area contributed by atoms with Crippen LogP contribution in [0.3, 0.4) is 0 Å². The van der Waals surface area contributed by atoms with Crippen molar-refractivity contribution in [3.8, 4) is 44.8 Å². The van der Waals surface area contributed by atoms with Crippen molar-refractivity contribution in [2.24, 2.45) is 0 Å². The maximum absolute atomic E-state index is 2.49. The van der Waals surface area contributed by atoms with Crippen molar-refractivity contribution in [1.82, 2.24) is 9.13 Å². The van der Waals surface area contributed by atoms with Gasteiger partial charge in [0.25, 0.3) is 0 Å². The summed E-state index contributed by atoms with van der Waals surface area (Å²) in [4.78, 5) is 0. The SMILES string of the molecule is c1ccc(-c2ccc(-n3c4ccc(-c5ccc6c(c5)c5ccccc5n6-c5cccc(-c6ccccc6)c5)cc4c4ccc5sc6ccccc6c5c43)cc2)cc1. The molecule has 3 aromatic heterocycles. The van der Waals surface area contributed by atoms with Crippen molar-refractivity contribution in [1.29, 1.82) is 0 Å². The summed E-state index contributed by atoms with van der Waals surface area (Å²) in [5, 5.41) is 7.66. The summed E-state index contributed by atoms with van der Waals surface area (Å²) in [7, 11) is 0. The molecule has 3 heteroatoms. The third kappa shape index (κ3) is 5.03. The van der Waals surface area contributed by atoms with E-state index in [-0.39, 0.29) is 0 Å². The average molecular weight is 743 g/mol. The monoisotopic (exact) mass is 742 g/mol. The zero-order chi connectivity index (χ0) is 37.5. The summed E-state index contributed by atoms with van der Waals surface area (Å²) >= 11 is 1.88. The lowest BCUT2D eigenvalue weighted by Crippen LogP contribution is -1.94. The molecular formula is C54H34N2S. The van der Waals surface area contributed by atoms with Gasteiger partial charge in [-0.15, -0.1) is 11.3 Å². The summed E-state index contributed by atoms with van der Waals surface area (Å²) < 4.78 is 7.53. The van der Waals surface area contributed by atoms with Crippen molar-refractivity contribution < 1.29 is 0 Å². The number of nitrogens with zero attached hydrogens (tertiary/aromatic N) is 2. The number of hydrogen-bond acceptors (Lipinski definition) is 1. The molecule has 3 heterocycles. The Morgan fingerprint density at radius 1 is 0.281 bits per heavy atom. The minimum atomic E-state index is 1.16. The third-order valence-electron chi connectivity index (χ3n) is 11.7. The van der Waals surface area contributed by atoms with Crippen LogP contribution in [0.5, 0.6) is 0 Å². The van der Waals surface area contributed by atoms with Crippen LogP contribution in [0, 0.1) is 0 Å². The van der Waals surface area contributed by atoms with E-state index in [2.05, 4.69) is 215 Å². The summed E-state index contributed by atoms with van der Waals surface area (Å²) in [6.07, 6.45) is 0. The molecule has 0 aliphatic rings. The van der Waals surface area contributed by atoms with E-state index in [0.717, 1.165) is 11.4 Å². The molecule has 0 saturated heterocycles. The molecule has 0 saturated carbocycles. The first-order valence-electron chi connectivity index (χ1n) is 19.5. The van der Waals surface area contributed by atoms with Gasteiger partial charge in [0.05, 0.1) is 22.1 Å². The summed E-state index contributed by atoms with van der Waals surface area (Å²) in [6.45, 7) is 0. The van der Waals surface area contributed by atoms with Gasteiger partial charge in [-0.25, -0.2) is 0 Å². The Bertz CT molecular complexity index is 3490. The Morgan fingerprint density at radius 3 is 1.58 bits per heavy atom. The molecular weight excluding hydrogens is 709 g/mol. The van der Waals surface area contributed by atoms with Crippen LogP contribution in [-0.2, 0) is 0 Å².